The molecule has 2 unspecified atom stereocenters. The minimum absolute atomic E-state index is 0.0857. The van der Waals surface area contributed by atoms with E-state index in [9.17, 15) is 19.5 Å². The minimum atomic E-state index is -1.08. The highest BCUT2D eigenvalue weighted by Gasteiger charge is 2.42. The topological polar surface area (TPSA) is 108 Å². The molecule has 4 aromatic rings. The van der Waals surface area contributed by atoms with Crippen LogP contribution in [0.3, 0.4) is 0 Å². The fourth-order valence-electron chi connectivity index (χ4n) is 5.06. The summed E-state index contributed by atoms with van der Waals surface area (Å²) in [6, 6.07) is 27.0. The number of phenols is 1. The van der Waals surface area contributed by atoms with E-state index in [-0.39, 0.29) is 12.2 Å². The average molecular weight is 596 g/mol. The second kappa shape index (κ2) is 13.2. The van der Waals surface area contributed by atoms with E-state index in [0.717, 1.165) is 10.8 Å². The minimum Gasteiger partial charge on any atom is -0.508 e. The Labute approximate surface area is 259 Å². The number of anilines is 1. The Hall–Kier alpha value is -4.85. The van der Waals surface area contributed by atoms with Crippen LogP contribution in [0.1, 0.15) is 58.7 Å². The lowest BCUT2D eigenvalue weighted by molar-refractivity contribution is -0.146. The number of nitrogens with zero attached hydrogens (tertiary/aromatic N) is 1. The maximum atomic E-state index is 14.6. The van der Waals surface area contributed by atoms with Crippen molar-refractivity contribution in [2.75, 3.05) is 5.32 Å². The number of rotatable bonds is 8. The summed E-state index contributed by atoms with van der Waals surface area (Å²) < 4.78 is 5.51. The summed E-state index contributed by atoms with van der Waals surface area (Å²) >= 11 is 0. The van der Waals surface area contributed by atoms with Crippen LogP contribution < -0.4 is 10.6 Å². The molecule has 0 bridgehead atoms. The number of ether oxygens (including phenoxy) is 1. The Morgan fingerprint density at radius 2 is 1.41 bits per heavy atom. The number of fused-ring (bicyclic) bond motifs is 1. The van der Waals surface area contributed by atoms with Gasteiger partial charge in [0.05, 0.1) is 0 Å². The average Bonchev–Trinajstić information content (AvgIpc) is 2.95. The van der Waals surface area contributed by atoms with Crippen molar-refractivity contribution in [3.05, 3.63) is 108 Å². The maximum absolute atomic E-state index is 14.6. The molecule has 0 heterocycles. The van der Waals surface area contributed by atoms with Gasteiger partial charge in [0.1, 0.15) is 23.4 Å². The molecule has 4 aromatic carbocycles. The van der Waals surface area contributed by atoms with E-state index >= 15 is 0 Å². The van der Waals surface area contributed by atoms with Crippen LogP contribution in [-0.4, -0.2) is 45.1 Å². The van der Waals surface area contributed by atoms with E-state index < -0.39 is 41.1 Å². The summed E-state index contributed by atoms with van der Waals surface area (Å²) in [6.45, 7) is 10.8. The van der Waals surface area contributed by atoms with Gasteiger partial charge in [0.2, 0.25) is 5.91 Å². The van der Waals surface area contributed by atoms with Gasteiger partial charge >= 0.3 is 6.09 Å². The summed E-state index contributed by atoms with van der Waals surface area (Å²) in [5.74, 6) is -0.767. The predicted molar refractivity (Wildman–Crippen MR) is 173 cm³/mol. The monoisotopic (exact) mass is 595 g/mol. The summed E-state index contributed by atoms with van der Waals surface area (Å²) in [5.41, 5.74) is 0.300. The van der Waals surface area contributed by atoms with Gasteiger partial charge in [-0.05, 0) is 87.7 Å². The number of carbonyl (C=O) groups excluding carboxylic acids is 3. The van der Waals surface area contributed by atoms with Crippen LogP contribution in [0.2, 0.25) is 0 Å². The Morgan fingerprint density at radius 3 is 2.02 bits per heavy atom. The van der Waals surface area contributed by atoms with Crippen LogP contribution in [0.4, 0.5) is 10.5 Å². The molecule has 0 radical (unpaired) electrons. The quantitative estimate of drug-likeness (QED) is 0.204. The number of hydrogen-bond donors (Lipinski definition) is 3. The van der Waals surface area contributed by atoms with Crippen LogP contribution >= 0.6 is 0 Å². The molecule has 3 N–H and O–H groups in total. The number of alkyl carbamates (subject to hydrolysis) is 1. The summed E-state index contributed by atoms with van der Waals surface area (Å²) in [7, 11) is 0. The van der Waals surface area contributed by atoms with Crippen molar-refractivity contribution in [2.24, 2.45) is 0 Å². The SMILES string of the molecule is CC(C)(C)OC(=O)NC(Cc1ccc(O)cc1)C(=O)N(C(C(=O)Nc1ccc2ccccc2c1)c1ccccc1)C(C)(C)C. The second-order valence-corrected chi connectivity index (χ2v) is 12.8. The molecule has 230 valence electrons. The van der Waals surface area contributed by atoms with Crippen molar-refractivity contribution >= 4 is 34.4 Å². The smallest absolute Gasteiger partial charge is 0.408 e. The zero-order valence-corrected chi connectivity index (χ0v) is 26.1. The molecular formula is C36H41N3O5. The fourth-order valence-corrected chi connectivity index (χ4v) is 5.06. The molecule has 0 aromatic heterocycles. The molecule has 0 aliphatic rings. The van der Waals surface area contributed by atoms with Crippen LogP contribution in [0, 0.1) is 0 Å². The number of aromatic hydroxyl groups is 1. The molecule has 0 aliphatic carbocycles. The van der Waals surface area contributed by atoms with Gasteiger partial charge < -0.3 is 25.4 Å². The zero-order valence-electron chi connectivity index (χ0n) is 26.1. The van der Waals surface area contributed by atoms with E-state index in [0.29, 0.717) is 16.8 Å². The number of benzene rings is 4. The normalized spacial score (nSPS) is 13.0. The Morgan fingerprint density at radius 1 is 0.795 bits per heavy atom. The molecule has 0 saturated heterocycles. The Bertz CT molecular complexity index is 1610. The Balaban J connectivity index is 1.75. The van der Waals surface area contributed by atoms with Crippen LogP contribution in [0.15, 0.2) is 97.1 Å². The molecule has 0 fully saturated rings. The molecule has 8 heteroatoms. The van der Waals surface area contributed by atoms with Gasteiger partial charge in [-0.25, -0.2) is 4.79 Å². The molecular weight excluding hydrogens is 554 g/mol. The van der Waals surface area contributed by atoms with Crippen LogP contribution in [-0.2, 0) is 20.7 Å². The number of amides is 3. The number of phenolic OH excluding ortho intramolecular Hbond substituents is 1. The lowest BCUT2D eigenvalue weighted by atomic mass is 9.94. The second-order valence-electron chi connectivity index (χ2n) is 12.8. The number of carbonyl (C=O) groups is 3. The molecule has 0 saturated carbocycles. The van der Waals surface area contributed by atoms with Crippen molar-refractivity contribution in [3.63, 3.8) is 0 Å². The molecule has 44 heavy (non-hydrogen) atoms. The van der Waals surface area contributed by atoms with E-state index in [1.165, 1.54) is 17.0 Å². The first-order valence-corrected chi connectivity index (χ1v) is 14.7. The molecule has 8 nitrogen and oxygen atoms in total. The Kier molecular flexibility index (Phi) is 9.62. The third-order valence-corrected chi connectivity index (χ3v) is 6.96. The third-order valence-electron chi connectivity index (χ3n) is 6.96. The lowest BCUT2D eigenvalue weighted by Gasteiger charge is -2.43. The van der Waals surface area contributed by atoms with Crippen LogP contribution in [0.5, 0.6) is 5.75 Å². The van der Waals surface area contributed by atoms with E-state index in [1.54, 1.807) is 32.9 Å². The van der Waals surface area contributed by atoms with Gasteiger partial charge in [0.15, 0.2) is 0 Å². The van der Waals surface area contributed by atoms with Crippen LogP contribution in [0.25, 0.3) is 10.8 Å². The van der Waals surface area contributed by atoms with Crippen molar-refractivity contribution in [1.82, 2.24) is 10.2 Å². The fraction of sp³-hybridized carbons (Fsp3) is 0.306. The largest absolute Gasteiger partial charge is 0.508 e. The molecule has 4 rings (SSSR count). The van der Waals surface area contributed by atoms with Gasteiger partial charge in [0, 0.05) is 17.6 Å². The number of nitrogens with one attached hydrogen (secondary N) is 2. The van der Waals surface area contributed by atoms with Gasteiger partial charge in [-0.2, -0.15) is 0 Å². The van der Waals surface area contributed by atoms with E-state index in [2.05, 4.69) is 10.6 Å². The highest BCUT2D eigenvalue weighted by molar-refractivity contribution is 6.00. The molecule has 0 spiro atoms. The van der Waals surface area contributed by atoms with Gasteiger partial charge in [-0.15, -0.1) is 0 Å². The van der Waals surface area contributed by atoms with Crippen molar-refractivity contribution in [2.45, 2.75) is 71.2 Å². The predicted octanol–water partition coefficient (Wildman–Crippen LogP) is 6.99. The lowest BCUT2D eigenvalue weighted by Crippen LogP contribution is -2.58. The standard InChI is InChI=1S/C36H41N3O5/c1-35(2,3)39(33(42)30(38-34(43)44-36(4,5)6)22-24-16-20-29(40)21-17-24)31(26-13-8-7-9-14-26)32(41)37-28-19-18-25-12-10-11-15-27(25)23-28/h7-21,23,30-31,40H,22H2,1-6H3,(H,37,41)(H,38,43). The zero-order chi connectivity index (χ0) is 32.1. The van der Waals surface area contributed by atoms with E-state index in [4.69, 9.17) is 4.74 Å². The highest BCUT2D eigenvalue weighted by Crippen LogP contribution is 2.32. The first-order valence-electron chi connectivity index (χ1n) is 14.7. The number of hydrogen-bond acceptors (Lipinski definition) is 5. The first kappa shape index (κ1) is 32.1. The highest BCUT2D eigenvalue weighted by atomic mass is 16.6. The van der Waals surface area contributed by atoms with Gasteiger partial charge in [-0.1, -0.05) is 72.8 Å². The van der Waals surface area contributed by atoms with Crippen molar-refractivity contribution < 1.29 is 24.2 Å². The molecule has 2 atom stereocenters. The third kappa shape index (κ3) is 8.37. The summed E-state index contributed by atoms with van der Waals surface area (Å²) in [4.78, 5) is 43.4. The van der Waals surface area contributed by atoms with Gasteiger partial charge in [-0.3, -0.25) is 9.59 Å². The summed E-state index contributed by atoms with van der Waals surface area (Å²) in [6.07, 6.45) is -0.640. The van der Waals surface area contributed by atoms with E-state index in [1.807, 2.05) is 93.6 Å². The first-order chi connectivity index (χ1) is 20.7. The van der Waals surface area contributed by atoms with Gasteiger partial charge in [0.25, 0.3) is 5.91 Å². The van der Waals surface area contributed by atoms with Crippen molar-refractivity contribution in [3.8, 4) is 5.75 Å². The molecule has 3 amide bonds. The summed E-state index contributed by atoms with van der Waals surface area (Å²) in [5, 5.41) is 17.6. The maximum Gasteiger partial charge on any atom is 0.408 e. The molecule has 0 aliphatic heterocycles. The van der Waals surface area contributed by atoms with Crippen molar-refractivity contribution in [1.29, 1.82) is 0 Å².